The summed E-state index contributed by atoms with van der Waals surface area (Å²) >= 11 is 0. The van der Waals surface area contributed by atoms with Gasteiger partial charge >= 0.3 is 0 Å². The summed E-state index contributed by atoms with van der Waals surface area (Å²) in [6.45, 7) is 4.07. The molecule has 2 aromatic heterocycles. The van der Waals surface area contributed by atoms with E-state index in [1.165, 1.54) is 4.68 Å². The van der Waals surface area contributed by atoms with Crippen molar-refractivity contribution >= 4 is 16.8 Å². The van der Waals surface area contributed by atoms with E-state index in [0.29, 0.717) is 42.5 Å². The van der Waals surface area contributed by atoms with Crippen LogP contribution in [0.3, 0.4) is 0 Å². The first-order valence-corrected chi connectivity index (χ1v) is 11.0. The number of nitrogens with one attached hydrogen (secondary N) is 1. The number of alkyl halides is 1. The number of rotatable bonds is 5. The molecule has 2 fully saturated rings. The van der Waals surface area contributed by atoms with E-state index >= 15 is 0 Å². The van der Waals surface area contributed by atoms with Crippen LogP contribution in [-0.2, 0) is 11.8 Å². The summed E-state index contributed by atoms with van der Waals surface area (Å²) in [5, 5.41) is 11.9. The van der Waals surface area contributed by atoms with E-state index in [1.807, 2.05) is 23.9 Å². The fourth-order valence-corrected chi connectivity index (χ4v) is 4.85. The molecule has 0 spiro atoms. The quantitative estimate of drug-likeness (QED) is 0.649. The van der Waals surface area contributed by atoms with Crippen molar-refractivity contribution in [2.75, 3.05) is 6.54 Å². The molecule has 9 heteroatoms. The van der Waals surface area contributed by atoms with Crippen LogP contribution in [0.5, 0.6) is 5.75 Å². The van der Waals surface area contributed by atoms with E-state index in [0.717, 1.165) is 17.5 Å². The molecule has 32 heavy (non-hydrogen) atoms. The zero-order valence-corrected chi connectivity index (χ0v) is 18.4. The topological polar surface area (TPSA) is 74.0 Å². The summed E-state index contributed by atoms with van der Waals surface area (Å²) in [4.78, 5) is 11.6. The monoisotopic (exact) mass is 443 g/mol. The predicted octanol–water partition coefficient (Wildman–Crippen LogP) is 3.93. The number of carbonyl (C=O) groups is 1. The van der Waals surface area contributed by atoms with E-state index in [2.05, 4.69) is 15.5 Å². The van der Waals surface area contributed by atoms with Crippen molar-refractivity contribution in [3.05, 3.63) is 30.5 Å². The number of aryl methyl sites for hydroxylation is 1. The third kappa shape index (κ3) is 3.73. The number of benzene rings is 1. The third-order valence-electron chi connectivity index (χ3n) is 6.78. The molecule has 1 aliphatic heterocycles. The van der Waals surface area contributed by atoms with E-state index in [-0.39, 0.29) is 24.0 Å². The van der Waals surface area contributed by atoms with Gasteiger partial charge in [-0.05, 0) is 44.4 Å². The molecule has 2 aliphatic rings. The lowest BCUT2D eigenvalue weighted by Crippen LogP contribution is -2.25. The number of hydrogen-bond donors (Lipinski definition) is 1. The molecule has 1 amide bonds. The molecule has 1 saturated carbocycles. The number of carbonyl (C=O) groups excluding carboxylic acids is 1. The van der Waals surface area contributed by atoms with Gasteiger partial charge in [-0.15, -0.1) is 0 Å². The summed E-state index contributed by atoms with van der Waals surface area (Å²) in [5.41, 5.74) is 0.955. The summed E-state index contributed by atoms with van der Waals surface area (Å²) in [5.74, 6) is -0.0696. The molecule has 1 aliphatic carbocycles. The third-order valence-corrected chi connectivity index (χ3v) is 6.78. The minimum Gasteiger partial charge on any atom is -0.489 e. The van der Waals surface area contributed by atoms with Gasteiger partial charge in [-0.1, -0.05) is 0 Å². The minimum atomic E-state index is -1.16. The molecule has 1 saturated heterocycles. The largest absolute Gasteiger partial charge is 0.489 e. The first-order valence-electron chi connectivity index (χ1n) is 11.0. The van der Waals surface area contributed by atoms with Crippen molar-refractivity contribution in [1.82, 2.24) is 24.9 Å². The SMILES string of the molecule is C[C@@H](Oc1cc(-c2cnn(C3CCC(C)(F)C3)c2)cc2nn(C)c(F)c12)[C@H]1CNC(=O)C1. The Hall–Kier alpha value is -2.97. The maximum absolute atomic E-state index is 14.8. The second-order valence-electron chi connectivity index (χ2n) is 9.39. The lowest BCUT2D eigenvalue weighted by atomic mass is 10.0. The maximum atomic E-state index is 14.8. The molecule has 0 bridgehead atoms. The van der Waals surface area contributed by atoms with Gasteiger partial charge in [0, 0.05) is 44.1 Å². The number of amides is 1. The van der Waals surface area contributed by atoms with Crippen LogP contribution in [-0.4, -0.2) is 43.8 Å². The van der Waals surface area contributed by atoms with Crippen molar-refractivity contribution in [2.24, 2.45) is 13.0 Å². The van der Waals surface area contributed by atoms with Crippen LogP contribution in [0.25, 0.3) is 22.0 Å². The Morgan fingerprint density at radius 1 is 1.34 bits per heavy atom. The molecule has 4 atom stereocenters. The Morgan fingerprint density at radius 3 is 2.84 bits per heavy atom. The summed E-state index contributed by atoms with van der Waals surface area (Å²) < 4.78 is 38.3. The highest BCUT2D eigenvalue weighted by molar-refractivity contribution is 5.90. The van der Waals surface area contributed by atoms with E-state index in [9.17, 15) is 13.6 Å². The standard InChI is InChI=1S/C23H27F2N5O2/c1-13(15-8-20(31)26-10-15)32-19-7-14(6-18-21(19)22(24)29(3)28-18)16-11-27-30(12-16)17-4-5-23(2,25)9-17/h6-7,11-13,15,17H,4-5,8-10H2,1-3H3,(H,26,31)/t13-,15-,17?,23?/m1/s1. The smallest absolute Gasteiger partial charge is 0.222 e. The van der Waals surface area contributed by atoms with Gasteiger partial charge < -0.3 is 10.1 Å². The number of aromatic nitrogens is 4. The highest BCUT2D eigenvalue weighted by Crippen LogP contribution is 2.41. The van der Waals surface area contributed by atoms with Crippen molar-refractivity contribution in [3.63, 3.8) is 0 Å². The molecule has 1 aromatic carbocycles. The highest BCUT2D eigenvalue weighted by atomic mass is 19.1. The fraction of sp³-hybridized carbons (Fsp3) is 0.522. The molecule has 2 unspecified atom stereocenters. The highest BCUT2D eigenvalue weighted by Gasteiger charge is 2.36. The number of ether oxygens (including phenoxy) is 1. The van der Waals surface area contributed by atoms with Crippen LogP contribution in [0.4, 0.5) is 8.78 Å². The molecular formula is C23H27F2N5O2. The zero-order chi connectivity index (χ0) is 22.6. The van der Waals surface area contributed by atoms with Gasteiger partial charge in [0.15, 0.2) is 0 Å². The van der Waals surface area contributed by atoms with Gasteiger partial charge in [-0.2, -0.15) is 14.6 Å². The van der Waals surface area contributed by atoms with Crippen LogP contribution in [0.2, 0.25) is 0 Å². The average Bonchev–Trinajstić information content (AvgIpc) is 3.50. The lowest BCUT2D eigenvalue weighted by Gasteiger charge is -2.20. The molecular weight excluding hydrogens is 416 g/mol. The number of hydrogen-bond acceptors (Lipinski definition) is 4. The summed E-state index contributed by atoms with van der Waals surface area (Å²) in [6.07, 6.45) is 5.47. The van der Waals surface area contributed by atoms with Crippen molar-refractivity contribution in [3.8, 4) is 16.9 Å². The molecule has 170 valence electrons. The first-order chi connectivity index (χ1) is 15.2. The number of halogens is 2. The number of fused-ring (bicyclic) bond motifs is 1. The Bertz CT molecular complexity index is 1180. The van der Waals surface area contributed by atoms with Crippen LogP contribution in [0, 0.1) is 11.9 Å². The van der Waals surface area contributed by atoms with Crippen LogP contribution < -0.4 is 10.1 Å². The predicted molar refractivity (Wildman–Crippen MR) is 116 cm³/mol. The van der Waals surface area contributed by atoms with Gasteiger partial charge in [-0.3, -0.25) is 9.48 Å². The maximum Gasteiger partial charge on any atom is 0.222 e. The van der Waals surface area contributed by atoms with Crippen LogP contribution in [0.15, 0.2) is 24.5 Å². The van der Waals surface area contributed by atoms with E-state index < -0.39 is 11.6 Å². The van der Waals surface area contributed by atoms with Crippen LogP contribution >= 0.6 is 0 Å². The Balaban J connectivity index is 1.49. The van der Waals surface area contributed by atoms with Crippen molar-refractivity contribution in [2.45, 2.75) is 57.3 Å². The second-order valence-corrected chi connectivity index (χ2v) is 9.39. The second kappa shape index (κ2) is 7.56. The molecule has 0 radical (unpaired) electrons. The average molecular weight is 443 g/mol. The van der Waals surface area contributed by atoms with Crippen molar-refractivity contribution < 1.29 is 18.3 Å². The Labute approximate surface area is 184 Å². The van der Waals surface area contributed by atoms with Crippen LogP contribution in [0.1, 0.15) is 45.6 Å². The summed E-state index contributed by atoms with van der Waals surface area (Å²) in [7, 11) is 1.55. The molecule has 7 nitrogen and oxygen atoms in total. The molecule has 1 N–H and O–H groups in total. The Morgan fingerprint density at radius 2 is 2.16 bits per heavy atom. The van der Waals surface area contributed by atoms with Gasteiger partial charge in [0.2, 0.25) is 11.9 Å². The molecule has 3 aromatic rings. The normalized spacial score (nSPS) is 26.6. The van der Waals surface area contributed by atoms with Gasteiger partial charge in [0.25, 0.3) is 0 Å². The Kier molecular flexibility index (Phi) is 4.94. The van der Waals surface area contributed by atoms with Gasteiger partial charge in [0.1, 0.15) is 17.5 Å². The molecule has 3 heterocycles. The first kappa shape index (κ1) is 20.9. The summed E-state index contributed by atoms with van der Waals surface area (Å²) in [6, 6.07) is 3.63. The van der Waals surface area contributed by atoms with E-state index in [4.69, 9.17) is 4.74 Å². The molecule has 5 rings (SSSR count). The lowest BCUT2D eigenvalue weighted by molar-refractivity contribution is -0.119. The fourth-order valence-electron chi connectivity index (χ4n) is 4.85. The van der Waals surface area contributed by atoms with E-state index in [1.54, 1.807) is 26.2 Å². The van der Waals surface area contributed by atoms with Gasteiger partial charge in [0.05, 0.1) is 23.1 Å². The van der Waals surface area contributed by atoms with Gasteiger partial charge in [-0.25, -0.2) is 9.07 Å². The number of nitrogens with zero attached hydrogens (tertiary/aromatic N) is 4. The van der Waals surface area contributed by atoms with Crippen molar-refractivity contribution in [1.29, 1.82) is 0 Å². The minimum absolute atomic E-state index is 0.000565. The zero-order valence-electron chi connectivity index (χ0n) is 18.4.